The van der Waals surface area contributed by atoms with E-state index in [0.717, 1.165) is 10.8 Å². The highest BCUT2D eigenvalue weighted by Crippen LogP contribution is 2.15. The van der Waals surface area contributed by atoms with Crippen LogP contribution in [0, 0.1) is 0 Å². The molecular formula is C11H10N2O. The number of rotatable bonds is 1. The molecule has 0 radical (unpaired) electrons. The fourth-order valence-corrected chi connectivity index (χ4v) is 1.42. The highest BCUT2D eigenvalue weighted by molar-refractivity contribution is 6.04. The normalized spacial score (nSPS) is 10.1. The third-order valence-corrected chi connectivity index (χ3v) is 2.12. The molecule has 0 aliphatic carbocycles. The van der Waals surface area contributed by atoms with Crippen molar-refractivity contribution in [1.82, 2.24) is 10.3 Å². The number of nitrogens with zero attached hydrogens (tertiary/aromatic N) is 1. The van der Waals surface area contributed by atoms with Crippen LogP contribution in [-0.2, 0) is 0 Å². The molecule has 0 saturated carbocycles. The Bertz CT molecular complexity index is 474. The van der Waals surface area contributed by atoms with Crippen LogP contribution in [0.3, 0.4) is 0 Å². The fraction of sp³-hybridized carbons (Fsp3) is 0.0909. The molecule has 1 heterocycles. The molecule has 0 saturated heterocycles. The van der Waals surface area contributed by atoms with Crippen LogP contribution in [0.15, 0.2) is 36.5 Å². The summed E-state index contributed by atoms with van der Waals surface area (Å²) >= 11 is 0. The number of fused-ring (bicyclic) bond motifs is 1. The molecule has 70 valence electrons. The summed E-state index contributed by atoms with van der Waals surface area (Å²) in [6, 6.07) is 9.59. The first-order valence-corrected chi connectivity index (χ1v) is 4.39. The lowest BCUT2D eigenvalue weighted by molar-refractivity contribution is 0.0960. The Balaban J connectivity index is 2.71. The molecule has 3 heteroatoms. The third kappa shape index (κ3) is 1.33. The average molecular weight is 186 g/mol. The van der Waals surface area contributed by atoms with Crippen molar-refractivity contribution in [3.63, 3.8) is 0 Å². The summed E-state index contributed by atoms with van der Waals surface area (Å²) in [5, 5.41) is 4.48. The summed E-state index contributed by atoms with van der Waals surface area (Å²) in [6.45, 7) is 0. The molecule has 0 atom stereocenters. The topological polar surface area (TPSA) is 42.0 Å². The Morgan fingerprint density at radius 3 is 2.86 bits per heavy atom. The lowest BCUT2D eigenvalue weighted by Gasteiger charge is -2.02. The molecule has 3 nitrogen and oxygen atoms in total. The van der Waals surface area contributed by atoms with Gasteiger partial charge in [-0.2, -0.15) is 0 Å². The Hall–Kier alpha value is -1.90. The van der Waals surface area contributed by atoms with Crippen LogP contribution in [0.25, 0.3) is 10.8 Å². The maximum absolute atomic E-state index is 11.5. The van der Waals surface area contributed by atoms with Crippen LogP contribution in [0.5, 0.6) is 0 Å². The molecule has 1 aromatic carbocycles. The van der Waals surface area contributed by atoms with Crippen molar-refractivity contribution >= 4 is 16.7 Å². The zero-order chi connectivity index (χ0) is 9.97. The van der Waals surface area contributed by atoms with E-state index >= 15 is 0 Å². The molecule has 0 unspecified atom stereocenters. The van der Waals surface area contributed by atoms with E-state index in [1.807, 2.05) is 30.3 Å². The minimum Gasteiger partial charge on any atom is -0.354 e. The van der Waals surface area contributed by atoms with Gasteiger partial charge in [-0.15, -0.1) is 0 Å². The van der Waals surface area contributed by atoms with E-state index in [0.29, 0.717) is 5.69 Å². The molecule has 1 amide bonds. The summed E-state index contributed by atoms with van der Waals surface area (Å²) in [5.41, 5.74) is 0.477. The number of pyridine rings is 1. The van der Waals surface area contributed by atoms with E-state index in [-0.39, 0.29) is 5.91 Å². The summed E-state index contributed by atoms with van der Waals surface area (Å²) in [5.74, 6) is -0.151. The smallest absolute Gasteiger partial charge is 0.270 e. The number of amides is 1. The monoisotopic (exact) mass is 186 g/mol. The van der Waals surface area contributed by atoms with E-state index in [9.17, 15) is 4.79 Å². The Morgan fingerprint density at radius 2 is 2.07 bits per heavy atom. The second-order valence-corrected chi connectivity index (χ2v) is 2.96. The van der Waals surface area contributed by atoms with Gasteiger partial charge in [-0.05, 0) is 11.5 Å². The van der Waals surface area contributed by atoms with Gasteiger partial charge < -0.3 is 5.32 Å². The average Bonchev–Trinajstić information content (AvgIpc) is 2.27. The maximum atomic E-state index is 11.5. The van der Waals surface area contributed by atoms with Gasteiger partial charge in [0.2, 0.25) is 0 Å². The zero-order valence-corrected chi connectivity index (χ0v) is 7.82. The summed E-state index contributed by atoms with van der Waals surface area (Å²) in [6.07, 6.45) is 1.65. The van der Waals surface area contributed by atoms with Gasteiger partial charge in [0.25, 0.3) is 5.91 Å². The first kappa shape index (κ1) is 8.69. The Kier molecular flexibility index (Phi) is 2.14. The van der Waals surface area contributed by atoms with Gasteiger partial charge in [0.15, 0.2) is 0 Å². The third-order valence-electron chi connectivity index (χ3n) is 2.12. The number of hydrogen-bond acceptors (Lipinski definition) is 2. The SMILES string of the molecule is CNC(=O)c1nccc2ccccc12. The molecule has 0 aliphatic heterocycles. The van der Waals surface area contributed by atoms with Crippen LogP contribution in [-0.4, -0.2) is 17.9 Å². The van der Waals surface area contributed by atoms with Crippen molar-refractivity contribution in [1.29, 1.82) is 0 Å². The molecule has 0 bridgehead atoms. The van der Waals surface area contributed by atoms with Gasteiger partial charge in [-0.25, -0.2) is 0 Å². The largest absolute Gasteiger partial charge is 0.354 e. The molecule has 0 spiro atoms. The van der Waals surface area contributed by atoms with Gasteiger partial charge >= 0.3 is 0 Å². The molecule has 14 heavy (non-hydrogen) atoms. The predicted molar refractivity (Wildman–Crippen MR) is 55.1 cm³/mol. The van der Waals surface area contributed by atoms with E-state index in [1.165, 1.54) is 0 Å². The zero-order valence-electron chi connectivity index (χ0n) is 7.82. The number of carbonyl (C=O) groups excluding carboxylic acids is 1. The van der Waals surface area contributed by atoms with Gasteiger partial charge in [-0.3, -0.25) is 9.78 Å². The molecule has 1 aromatic heterocycles. The molecule has 0 fully saturated rings. The van der Waals surface area contributed by atoms with E-state index in [2.05, 4.69) is 10.3 Å². The summed E-state index contributed by atoms with van der Waals surface area (Å²) in [4.78, 5) is 15.5. The van der Waals surface area contributed by atoms with Crippen molar-refractivity contribution in [2.24, 2.45) is 0 Å². The number of carbonyl (C=O) groups is 1. The predicted octanol–water partition coefficient (Wildman–Crippen LogP) is 1.59. The number of aromatic nitrogens is 1. The molecule has 0 aliphatic rings. The molecule has 2 aromatic rings. The number of nitrogens with one attached hydrogen (secondary N) is 1. The van der Waals surface area contributed by atoms with Crippen LogP contribution >= 0.6 is 0 Å². The van der Waals surface area contributed by atoms with Gasteiger partial charge in [-0.1, -0.05) is 24.3 Å². The van der Waals surface area contributed by atoms with E-state index in [1.54, 1.807) is 13.2 Å². The first-order chi connectivity index (χ1) is 6.83. The number of benzene rings is 1. The number of hydrogen-bond donors (Lipinski definition) is 1. The minimum absolute atomic E-state index is 0.151. The van der Waals surface area contributed by atoms with Crippen molar-refractivity contribution in [2.45, 2.75) is 0 Å². The molecule has 2 rings (SSSR count). The van der Waals surface area contributed by atoms with Crippen molar-refractivity contribution in [3.8, 4) is 0 Å². The summed E-state index contributed by atoms with van der Waals surface area (Å²) in [7, 11) is 1.60. The van der Waals surface area contributed by atoms with E-state index in [4.69, 9.17) is 0 Å². The standard InChI is InChI=1S/C11H10N2O/c1-12-11(14)10-9-5-3-2-4-8(9)6-7-13-10/h2-7H,1H3,(H,12,14). The van der Waals surface area contributed by atoms with Crippen LogP contribution in [0.4, 0.5) is 0 Å². The van der Waals surface area contributed by atoms with Crippen molar-refractivity contribution < 1.29 is 4.79 Å². The van der Waals surface area contributed by atoms with Crippen LogP contribution in [0.2, 0.25) is 0 Å². The second kappa shape index (κ2) is 3.46. The van der Waals surface area contributed by atoms with Crippen LogP contribution in [0.1, 0.15) is 10.5 Å². The molecular weight excluding hydrogens is 176 g/mol. The van der Waals surface area contributed by atoms with Gasteiger partial charge in [0.05, 0.1) is 0 Å². The van der Waals surface area contributed by atoms with Crippen molar-refractivity contribution in [3.05, 3.63) is 42.2 Å². The van der Waals surface area contributed by atoms with E-state index < -0.39 is 0 Å². The second-order valence-electron chi connectivity index (χ2n) is 2.96. The molecule has 1 N–H and O–H groups in total. The first-order valence-electron chi connectivity index (χ1n) is 4.39. The minimum atomic E-state index is -0.151. The van der Waals surface area contributed by atoms with Crippen molar-refractivity contribution in [2.75, 3.05) is 7.05 Å². The maximum Gasteiger partial charge on any atom is 0.270 e. The van der Waals surface area contributed by atoms with Gasteiger partial charge in [0.1, 0.15) is 5.69 Å². The Labute approximate surface area is 81.8 Å². The highest BCUT2D eigenvalue weighted by atomic mass is 16.1. The lowest BCUT2D eigenvalue weighted by atomic mass is 10.1. The quantitative estimate of drug-likeness (QED) is 0.734. The van der Waals surface area contributed by atoms with Gasteiger partial charge in [0, 0.05) is 18.6 Å². The highest BCUT2D eigenvalue weighted by Gasteiger charge is 2.08. The van der Waals surface area contributed by atoms with Crippen LogP contribution < -0.4 is 5.32 Å². The summed E-state index contributed by atoms with van der Waals surface area (Å²) < 4.78 is 0. The fourth-order valence-electron chi connectivity index (χ4n) is 1.42. The lowest BCUT2D eigenvalue weighted by Crippen LogP contribution is -2.19. The Morgan fingerprint density at radius 1 is 1.29 bits per heavy atom.